The number of anilines is 1. The SMILES string of the molecule is CCOC(=O)c1cc2c(s1)SCC(=O)N2. The first-order valence-corrected chi connectivity index (χ1v) is 6.24. The number of hydrogen-bond acceptors (Lipinski definition) is 5. The molecule has 0 bridgehead atoms. The van der Waals surface area contributed by atoms with Gasteiger partial charge in [-0.1, -0.05) is 0 Å². The lowest BCUT2D eigenvalue weighted by atomic mass is 10.4. The predicted molar refractivity (Wildman–Crippen MR) is 59.6 cm³/mol. The Kier molecular flexibility index (Phi) is 2.97. The van der Waals surface area contributed by atoms with Crippen molar-refractivity contribution in [3.05, 3.63) is 10.9 Å². The van der Waals surface area contributed by atoms with Crippen LogP contribution in [0.15, 0.2) is 10.3 Å². The maximum absolute atomic E-state index is 11.4. The summed E-state index contributed by atoms with van der Waals surface area (Å²) in [6, 6.07) is 1.67. The number of esters is 1. The molecule has 6 heteroatoms. The average molecular weight is 243 g/mol. The topological polar surface area (TPSA) is 55.4 Å². The monoisotopic (exact) mass is 243 g/mol. The van der Waals surface area contributed by atoms with Gasteiger partial charge in [0, 0.05) is 0 Å². The lowest BCUT2D eigenvalue weighted by Crippen LogP contribution is -2.17. The molecule has 0 atom stereocenters. The van der Waals surface area contributed by atoms with Crippen LogP contribution in [0.1, 0.15) is 16.6 Å². The van der Waals surface area contributed by atoms with Crippen molar-refractivity contribution in [2.45, 2.75) is 11.1 Å². The molecular weight excluding hydrogens is 234 g/mol. The minimum Gasteiger partial charge on any atom is -0.462 e. The number of hydrogen-bond donors (Lipinski definition) is 1. The van der Waals surface area contributed by atoms with Gasteiger partial charge < -0.3 is 10.1 Å². The first kappa shape index (κ1) is 10.5. The molecule has 0 radical (unpaired) electrons. The quantitative estimate of drug-likeness (QED) is 0.807. The van der Waals surface area contributed by atoms with Crippen LogP contribution in [0.3, 0.4) is 0 Å². The Balaban J connectivity index is 2.22. The molecule has 0 aromatic carbocycles. The number of carbonyl (C=O) groups excluding carboxylic acids is 2. The zero-order chi connectivity index (χ0) is 10.8. The number of carbonyl (C=O) groups is 2. The van der Waals surface area contributed by atoms with E-state index in [9.17, 15) is 9.59 Å². The number of nitrogens with one attached hydrogen (secondary N) is 1. The summed E-state index contributed by atoms with van der Waals surface area (Å²) in [5.41, 5.74) is 0.726. The highest BCUT2D eigenvalue weighted by molar-refractivity contribution is 8.02. The van der Waals surface area contributed by atoms with Gasteiger partial charge in [0.15, 0.2) is 0 Å². The fraction of sp³-hybridized carbons (Fsp3) is 0.333. The fourth-order valence-corrected chi connectivity index (χ4v) is 3.21. The van der Waals surface area contributed by atoms with E-state index in [-0.39, 0.29) is 11.9 Å². The molecule has 1 aromatic heterocycles. The normalized spacial score (nSPS) is 14.3. The number of ether oxygens (including phenoxy) is 1. The van der Waals surface area contributed by atoms with Crippen LogP contribution in [0.25, 0.3) is 0 Å². The van der Waals surface area contributed by atoms with Crippen molar-refractivity contribution in [3.8, 4) is 0 Å². The fourth-order valence-electron chi connectivity index (χ4n) is 1.19. The average Bonchev–Trinajstić information content (AvgIpc) is 2.60. The Morgan fingerprint density at radius 3 is 3.20 bits per heavy atom. The third-order valence-electron chi connectivity index (χ3n) is 1.78. The number of thioether (sulfide) groups is 1. The second kappa shape index (κ2) is 4.24. The maximum atomic E-state index is 11.4. The Morgan fingerprint density at radius 2 is 2.47 bits per heavy atom. The molecule has 0 aliphatic carbocycles. The summed E-state index contributed by atoms with van der Waals surface area (Å²) >= 11 is 2.81. The van der Waals surface area contributed by atoms with E-state index in [1.54, 1.807) is 13.0 Å². The van der Waals surface area contributed by atoms with Gasteiger partial charge in [-0.15, -0.1) is 23.1 Å². The number of thiophene rings is 1. The molecule has 1 amide bonds. The van der Waals surface area contributed by atoms with Crippen molar-refractivity contribution >= 4 is 40.7 Å². The summed E-state index contributed by atoms with van der Waals surface area (Å²) in [5, 5.41) is 2.72. The van der Waals surface area contributed by atoms with E-state index in [2.05, 4.69) is 5.32 Å². The zero-order valence-corrected chi connectivity index (χ0v) is 9.67. The van der Waals surface area contributed by atoms with Crippen molar-refractivity contribution in [3.63, 3.8) is 0 Å². The third-order valence-corrected chi connectivity index (χ3v) is 4.18. The molecule has 1 aromatic rings. The van der Waals surface area contributed by atoms with Gasteiger partial charge in [-0.3, -0.25) is 4.79 Å². The van der Waals surface area contributed by atoms with Gasteiger partial charge in [0.2, 0.25) is 5.91 Å². The van der Waals surface area contributed by atoms with E-state index in [4.69, 9.17) is 4.74 Å². The zero-order valence-electron chi connectivity index (χ0n) is 8.03. The van der Waals surface area contributed by atoms with Crippen molar-refractivity contribution < 1.29 is 14.3 Å². The van der Waals surface area contributed by atoms with Crippen LogP contribution in [0.4, 0.5) is 5.69 Å². The molecule has 1 aliphatic heterocycles. The molecule has 15 heavy (non-hydrogen) atoms. The van der Waals surface area contributed by atoms with Gasteiger partial charge in [-0.25, -0.2) is 4.79 Å². The van der Waals surface area contributed by atoms with E-state index < -0.39 is 0 Å². The number of rotatable bonds is 2. The number of fused-ring (bicyclic) bond motifs is 1. The van der Waals surface area contributed by atoms with Crippen molar-refractivity contribution in [2.75, 3.05) is 17.7 Å². The lowest BCUT2D eigenvalue weighted by Gasteiger charge is -2.10. The Bertz CT molecular complexity index is 413. The van der Waals surface area contributed by atoms with Crippen LogP contribution in [0.2, 0.25) is 0 Å². The van der Waals surface area contributed by atoms with Gasteiger partial charge in [0.25, 0.3) is 0 Å². The van der Waals surface area contributed by atoms with E-state index in [0.717, 1.165) is 9.90 Å². The summed E-state index contributed by atoms with van der Waals surface area (Å²) in [7, 11) is 0. The molecule has 1 N–H and O–H groups in total. The second-order valence-corrected chi connectivity index (χ2v) is 5.17. The summed E-state index contributed by atoms with van der Waals surface area (Å²) < 4.78 is 5.85. The minimum absolute atomic E-state index is 0.0271. The van der Waals surface area contributed by atoms with E-state index in [0.29, 0.717) is 17.2 Å². The predicted octanol–water partition coefficient (Wildman–Crippen LogP) is 1.97. The van der Waals surface area contributed by atoms with Gasteiger partial charge in [-0.05, 0) is 13.0 Å². The molecule has 80 valence electrons. The summed E-state index contributed by atoms with van der Waals surface area (Å²) in [6.45, 7) is 2.13. The standard InChI is InChI=1S/C9H9NO3S2/c1-2-13-8(12)6-3-5-9(15-6)14-4-7(11)10-5/h3H,2,4H2,1H3,(H,10,11). The molecule has 2 heterocycles. The van der Waals surface area contributed by atoms with Gasteiger partial charge in [-0.2, -0.15) is 0 Å². The third kappa shape index (κ3) is 2.15. The van der Waals surface area contributed by atoms with Crippen molar-refractivity contribution in [2.24, 2.45) is 0 Å². The molecule has 1 aliphatic rings. The highest BCUT2D eigenvalue weighted by Gasteiger charge is 2.21. The van der Waals surface area contributed by atoms with Crippen LogP contribution < -0.4 is 5.32 Å². The van der Waals surface area contributed by atoms with Crippen molar-refractivity contribution in [1.29, 1.82) is 0 Å². The van der Waals surface area contributed by atoms with Gasteiger partial charge in [0.05, 0.1) is 22.3 Å². The van der Waals surface area contributed by atoms with Crippen molar-refractivity contribution in [1.82, 2.24) is 0 Å². The van der Waals surface area contributed by atoms with Crippen LogP contribution in [-0.2, 0) is 9.53 Å². The molecule has 0 unspecified atom stereocenters. The second-order valence-electron chi connectivity index (χ2n) is 2.87. The highest BCUT2D eigenvalue weighted by atomic mass is 32.2. The first-order chi connectivity index (χ1) is 7.20. The first-order valence-electron chi connectivity index (χ1n) is 4.44. The molecule has 0 fully saturated rings. The molecule has 4 nitrogen and oxygen atoms in total. The Morgan fingerprint density at radius 1 is 1.67 bits per heavy atom. The Hall–Kier alpha value is -1.01. The van der Waals surface area contributed by atoms with E-state index in [1.807, 2.05) is 0 Å². The molecular formula is C9H9NO3S2. The van der Waals surface area contributed by atoms with Crippen LogP contribution >= 0.6 is 23.1 Å². The highest BCUT2D eigenvalue weighted by Crippen LogP contribution is 2.39. The molecule has 0 saturated heterocycles. The minimum atomic E-state index is -0.327. The van der Waals surface area contributed by atoms with E-state index >= 15 is 0 Å². The lowest BCUT2D eigenvalue weighted by molar-refractivity contribution is -0.113. The van der Waals surface area contributed by atoms with Gasteiger partial charge in [0.1, 0.15) is 4.88 Å². The molecule has 0 spiro atoms. The molecule has 2 rings (SSSR count). The summed E-state index contributed by atoms with van der Waals surface area (Å²) in [5.74, 6) is 0.0583. The summed E-state index contributed by atoms with van der Waals surface area (Å²) in [6.07, 6.45) is 0. The number of amides is 1. The summed E-state index contributed by atoms with van der Waals surface area (Å²) in [4.78, 5) is 23.0. The van der Waals surface area contributed by atoms with Crippen LogP contribution in [-0.4, -0.2) is 24.2 Å². The van der Waals surface area contributed by atoms with Crippen LogP contribution in [0, 0.1) is 0 Å². The Labute approximate surface area is 95.0 Å². The maximum Gasteiger partial charge on any atom is 0.348 e. The van der Waals surface area contributed by atoms with E-state index in [1.165, 1.54) is 23.1 Å². The van der Waals surface area contributed by atoms with Gasteiger partial charge >= 0.3 is 5.97 Å². The smallest absolute Gasteiger partial charge is 0.348 e. The van der Waals surface area contributed by atoms with Crippen LogP contribution in [0.5, 0.6) is 0 Å². The largest absolute Gasteiger partial charge is 0.462 e. The molecule has 0 saturated carbocycles.